The molecule has 1 aliphatic carbocycles. The highest BCUT2D eigenvalue weighted by Gasteiger charge is 2.19. The van der Waals surface area contributed by atoms with Crippen molar-refractivity contribution in [2.24, 2.45) is 0 Å². The molecule has 0 spiro atoms. The number of aromatic nitrogens is 1. The van der Waals surface area contributed by atoms with Crippen molar-refractivity contribution in [1.82, 2.24) is 4.98 Å². The molecule has 20 heavy (non-hydrogen) atoms. The summed E-state index contributed by atoms with van der Waals surface area (Å²) in [4.78, 5) is 14.5. The van der Waals surface area contributed by atoms with Crippen LogP contribution in [0.4, 0.5) is 0 Å². The molecule has 3 heteroatoms. The van der Waals surface area contributed by atoms with E-state index in [9.17, 15) is 10.1 Å². The number of pyridine rings is 1. The van der Waals surface area contributed by atoms with Crippen LogP contribution in [0.25, 0.3) is 11.1 Å². The van der Waals surface area contributed by atoms with Gasteiger partial charge in [-0.3, -0.25) is 4.79 Å². The number of aryl methyl sites for hydroxylation is 1. The van der Waals surface area contributed by atoms with Crippen molar-refractivity contribution in [1.29, 1.82) is 5.26 Å². The van der Waals surface area contributed by atoms with Crippen LogP contribution in [-0.4, -0.2) is 4.98 Å². The summed E-state index contributed by atoms with van der Waals surface area (Å²) in [7, 11) is 0. The number of hydrogen-bond acceptors (Lipinski definition) is 2. The van der Waals surface area contributed by atoms with Gasteiger partial charge in [-0.15, -0.1) is 0 Å². The molecule has 1 aliphatic rings. The van der Waals surface area contributed by atoms with E-state index >= 15 is 0 Å². The minimum absolute atomic E-state index is 0.187. The van der Waals surface area contributed by atoms with E-state index in [4.69, 9.17) is 0 Å². The Kier molecular flexibility index (Phi) is 3.15. The zero-order valence-electron chi connectivity index (χ0n) is 11.4. The maximum absolute atomic E-state index is 11.8. The van der Waals surface area contributed by atoms with Gasteiger partial charge in [0.1, 0.15) is 11.6 Å². The van der Waals surface area contributed by atoms with E-state index in [1.165, 1.54) is 24.8 Å². The lowest BCUT2D eigenvalue weighted by Gasteiger charge is -2.25. The van der Waals surface area contributed by atoms with E-state index < -0.39 is 0 Å². The molecule has 2 aromatic rings. The van der Waals surface area contributed by atoms with Crippen molar-refractivity contribution in [3.05, 3.63) is 57.5 Å². The number of nitriles is 1. The van der Waals surface area contributed by atoms with Crippen molar-refractivity contribution in [3.8, 4) is 17.2 Å². The molecule has 0 aliphatic heterocycles. The Morgan fingerprint density at radius 3 is 2.50 bits per heavy atom. The van der Waals surface area contributed by atoms with Gasteiger partial charge in [-0.25, -0.2) is 0 Å². The van der Waals surface area contributed by atoms with Gasteiger partial charge in [-0.2, -0.15) is 5.26 Å². The Labute approximate surface area is 117 Å². The normalized spacial score (nSPS) is 14.6. The number of nitrogens with zero attached hydrogens (tertiary/aromatic N) is 1. The number of hydrogen-bond donors (Lipinski definition) is 1. The first-order chi connectivity index (χ1) is 9.69. The molecule has 1 fully saturated rings. The van der Waals surface area contributed by atoms with Gasteiger partial charge in [0.2, 0.25) is 0 Å². The molecule has 0 atom stereocenters. The van der Waals surface area contributed by atoms with Gasteiger partial charge in [-0.1, -0.05) is 30.7 Å². The molecule has 1 aromatic heterocycles. The molecule has 0 amide bonds. The first-order valence-corrected chi connectivity index (χ1v) is 6.93. The number of aromatic amines is 1. The second-order valence-electron chi connectivity index (χ2n) is 5.43. The Morgan fingerprint density at radius 1 is 1.25 bits per heavy atom. The maximum atomic E-state index is 11.8. The summed E-state index contributed by atoms with van der Waals surface area (Å²) in [6, 6.07) is 12.1. The Balaban J connectivity index is 2.04. The van der Waals surface area contributed by atoms with Gasteiger partial charge in [0, 0.05) is 11.3 Å². The van der Waals surface area contributed by atoms with E-state index in [0.717, 1.165) is 11.3 Å². The van der Waals surface area contributed by atoms with Crippen LogP contribution in [0.3, 0.4) is 0 Å². The van der Waals surface area contributed by atoms with Gasteiger partial charge in [0.25, 0.3) is 5.56 Å². The summed E-state index contributed by atoms with van der Waals surface area (Å²) in [6.45, 7) is 1.83. The summed E-state index contributed by atoms with van der Waals surface area (Å²) in [5.74, 6) is 0.695. The van der Waals surface area contributed by atoms with Crippen LogP contribution >= 0.6 is 0 Å². The quantitative estimate of drug-likeness (QED) is 0.902. The van der Waals surface area contributed by atoms with Crippen LogP contribution in [0.5, 0.6) is 0 Å². The van der Waals surface area contributed by atoms with Gasteiger partial charge in [0.15, 0.2) is 0 Å². The maximum Gasteiger partial charge on any atom is 0.266 e. The number of benzene rings is 1. The van der Waals surface area contributed by atoms with Gasteiger partial charge < -0.3 is 4.98 Å². The van der Waals surface area contributed by atoms with Crippen LogP contribution in [0.2, 0.25) is 0 Å². The first-order valence-electron chi connectivity index (χ1n) is 6.93. The van der Waals surface area contributed by atoms with E-state index in [2.05, 4.69) is 17.1 Å². The fourth-order valence-corrected chi connectivity index (χ4v) is 2.70. The van der Waals surface area contributed by atoms with Gasteiger partial charge >= 0.3 is 0 Å². The smallest absolute Gasteiger partial charge is 0.266 e. The summed E-state index contributed by atoms with van der Waals surface area (Å²) >= 11 is 0. The topological polar surface area (TPSA) is 56.6 Å². The molecule has 1 aromatic carbocycles. The van der Waals surface area contributed by atoms with Gasteiger partial charge in [-0.05, 0) is 42.9 Å². The first kappa shape index (κ1) is 12.7. The lowest BCUT2D eigenvalue weighted by atomic mass is 9.80. The SMILES string of the molecule is Cc1cc(-c2ccc(C3CCC3)cc2)c(C#N)c(=O)[nH]1. The minimum Gasteiger partial charge on any atom is -0.325 e. The molecule has 1 heterocycles. The lowest BCUT2D eigenvalue weighted by molar-refractivity contribution is 0.420. The van der Waals surface area contributed by atoms with Crippen LogP contribution < -0.4 is 5.56 Å². The average Bonchev–Trinajstić information content (AvgIpc) is 2.37. The highest BCUT2D eigenvalue weighted by molar-refractivity contribution is 5.70. The largest absolute Gasteiger partial charge is 0.325 e. The molecule has 3 rings (SSSR count). The van der Waals surface area contributed by atoms with E-state index in [1.807, 2.05) is 31.2 Å². The Hall–Kier alpha value is -2.34. The number of H-pyrrole nitrogens is 1. The van der Waals surface area contributed by atoms with Crippen molar-refractivity contribution >= 4 is 0 Å². The Morgan fingerprint density at radius 2 is 1.95 bits per heavy atom. The van der Waals surface area contributed by atoms with Gasteiger partial charge in [0.05, 0.1) is 0 Å². The third kappa shape index (κ3) is 2.14. The second-order valence-corrected chi connectivity index (χ2v) is 5.43. The zero-order valence-corrected chi connectivity index (χ0v) is 11.4. The summed E-state index contributed by atoms with van der Waals surface area (Å²) < 4.78 is 0. The van der Waals surface area contributed by atoms with E-state index in [1.54, 1.807) is 0 Å². The predicted molar refractivity (Wildman–Crippen MR) is 78.5 cm³/mol. The standard InChI is InChI=1S/C17H16N2O/c1-11-9-15(16(10-18)17(20)19-11)14-7-5-13(6-8-14)12-3-2-4-12/h5-9,12H,2-4H2,1H3,(H,19,20). The third-order valence-corrected chi connectivity index (χ3v) is 4.08. The molecule has 0 saturated heterocycles. The average molecular weight is 264 g/mol. The van der Waals surface area contributed by atoms with E-state index in [0.29, 0.717) is 11.5 Å². The molecular formula is C17H16N2O. The predicted octanol–water partition coefficient (Wildman–Crippen LogP) is 3.49. The van der Waals surface area contributed by atoms with Crippen molar-refractivity contribution in [2.45, 2.75) is 32.1 Å². The summed E-state index contributed by atoms with van der Waals surface area (Å²) in [6.07, 6.45) is 3.86. The van der Waals surface area contributed by atoms with Crippen molar-refractivity contribution < 1.29 is 0 Å². The summed E-state index contributed by atoms with van der Waals surface area (Å²) in [5, 5.41) is 9.17. The number of rotatable bonds is 2. The highest BCUT2D eigenvalue weighted by Crippen LogP contribution is 2.37. The molecule has 100 valence electrons. The molecular weight excluding hydrogens is 248 g/mol. The molecule has 0 radical (unpaired) electrons. The van der Waals surface area contributed by atoms with Crippen LogP contribution in [0, 0.1) is 18.3 Å². The minimum atomic E-state index is -0.314. The van der Waals surface area contributed by atoms with E-state index in [-0.39, 0.29) is 11.1 Å². The Bertz CT molecular complexity index is 731. The monoisotopic (exact) mass is 264 g/mol. The van der Waals surface area contributed by atoms with Crippen LogP contribution in [0.1, 0.15) is 42.0 Å². The fraction of sp³-hybridized carbons (Fsp3) is 0.294. The van der Waals surface area contributed by atoms with Crippen LogP contribution in [0.15, 0.2) is 35.1 Å². The molecule has 1 N–H and O–H groups in total. The van der Waals surface area contributed by atoms with Crippen molar-refractivity contribution in [2.75, 3.05) is 0 Å². The highest BCUT2D eigenvalue weighted by atomic mass is 16.1. The molecule has 0 bridgehead atoms. The third-order valence-electron chi connectivity index (χ3n) is 4.08. The second kappa shape index (κ2) is 4.97. The lowest BCUT2D eigenvalue weighted by Crippen LogP contribution is -2.12. The molecule has 0 unspecified atom stereocenters. The molecule has 1 saturated carbocycles. The zero-order chi connectivity index (χ0) is 14.1. The summed E-state index contributed by atoms with van der Waals surface area (Å²) in [5.41, 5.74) is 3.65. The molecule has 3 nitrogen and oxygen atoms in total. The number of nitrogens with one attached hydrogen (secondary N) is 1. The fourth-order valence-electron chi connectivity index (χ4n) is 2.70. The van der Waals surface area contributed by atoms with Crippen LogP contribution in [-0.2, 0) is 0 Å². The van der Waals surface area contributed by atoms with Crippen molar-refractivity contribution in [3.63, 3.8) is 0 Å².